The van der Waals surface area contributed by atoms with Gasteiger partial charge in [-0.25, -0.2) is 0 Å². The van der Waals surface area contributed by atoms with Gasteiger partial charge in [-0.2, -0.15) is 0 Å². The summed E-state index contributed by atoms with van der Waals surface area (Å²) in [6.45, 7) is 2.54. The average Bonchev–Trinajstić information content (AvgIpc) is 3.12. The molecule has 4 heterocycles. The molecule has 3 saturated heterocycles. The number of fused-ring (bicyclic) bond motifs is 5. The molecule has 28 heavy (non-hydrogen) atoms. The molecule has 148 valence electrons. The number of hydrogen-bond acceptors (Lipinski definition) is 2. The zero-order chi connectivity index (χ0) is 19.1. The molecule has 3 unspecified atom stereocenters. The number of aromatic amines is 1. The maximum atomic E-state index is 12.9. The van der Waals surface area contributed by atoms with Crippen LogP contribution in [-0.2, 0) is 16.0 Å². The lowest BCUT2D eigenvalue weighted by Crippen LogP contribution is -2.61. The number of amides is 2. The van der Waals surface area contributed by atoms with Crippen LogP contribution in [0.15, 0.2) is 30.5 Å². The normalized spacial score (nSPS) is 27.1. The highest BCUT2D eigenvalue weighted by molar-refractivity contribution is 5.83. The smallest absolute Gasteiger partial charge is 0.222 e. The Hall–Kier alpha value is -2.30. The molecule has 5 heteroatoms. The van der Waals surface area contributed by atoms with Crippen molar-refractivity contribution < 1.29 is 9.59 Å². The highest BCUT2D eigenvalue weighted by Gasteiger charge is 2.44. The van der Waals surface area contributed by atoms with E-state index in [0.717, 1.165) is 45.3 Å². The molecule has 2 aromatic rings. The molecule has 1 aromatic carbocycles. The monoisotopic (exact) mass is 379 g/mol. The van der Waals surface area contributed by atoms with E-state index in [9.17, 15) is 9.59 Å². The number of piperidine rings is 3. The molecule has 1 aromatic heterocycles. The van der Waals surface area contributed by atoms with Crippen LogP contribution in [0.4, 0.5) is 0 Å². The molecule has 5 nitrogen and oxygen atoms in total. The fraction of sp³-hybridized carbons (Fsp3) is 0.565. The van der Waals surface area contributed by atoms with Crippen molar-refractivity contribution in [3.63, 3.8) is 0 Å². The largest absolute Gasteiger partial charge is 0.361 e. The van der Waals surface area contributed by atoms with E-state index in [1.165, 1.54) is 22.9 Å². The first-order valence-corrected chi connectivity index (χ1v) is 10.8. The summed E-state index contributed by atoms with van der Waals surface area (Å²) in [5, 5.41) is 1.27. The Labute approximate surface area is 166 Å². The Morgan fingerprint density at radius 3 is 3.00 bits per heavy atom. The molecule has 2 amide bonds. The highest BCUT2D eigenvalue weighted by atomic mass is 16.2. The maximum absolute atomic E-state index is 12.9. The van der Waals surface area contributed by atoms with E-state index in [-0.39, 0.29) is 0 Å². The number of carbonyl (C=O) groups is 2. The first kappa shape index (κ1) is 17.8. The summed E-state index contributed by atoms with van der Waals surface area (Å²) in [6, 6.07) is 8.72. The number of nitrogens with one attached hydrogen (secondary N) is 1. The number of H-pyrrole nitrogens is 1. The summed E-state index contributed by atoms with van der Waals surface area (Å²) < 4.78 is 0. The summed E-state index contributed by atoms with van der Waals surface area (Å²) in [6.07, 6.45) is 8.55. The minimum absolute atomic E-state index is 0.296. The van der Waals surface area contributed by atoms with Gasteiger partial charge < -0.3 is 14.8 Å². The molecule has 5 rings (SSSR count). The Kier molecular flexibility index (Phi) is 4.61. The molecular weight excluding hydrogens is 350 g/mol. The zero-order valence-corrected chi connectivity index (χ0v) is 16.4. The minimum atomic E-state index is 0.296. The average molecular weight is 380 g/mol. The Balaban J connectivity index is 1.18. The highest BCUT2D eigenvalue weighted by Crippen LogP contribution is 2.38. The van der Waals surface area contributed by atoms with E-state index < -0.39 is 0 Å². The molecule has 0 saturated carbocycles. The van der Waals surface area contributed by atoms with Crippen LogP contribution in [-0.4, -0.2) is 52.3 Å². The maximum Gasteiger partial charge on any atom is 0.222 e. The SMILES string of the molecule is O=C(CCCc1c[nH]c2ccccc12)N1CC2CC(C1)C1CCCC(=O)N1C2. The predicted octanol–water partition coefficient (Wildman–Crippen LogP) is 3.35. The van der Waals surface area contributed by atoms with Crippen LogP contribution in [0.25, 0.3) is 10.9 Å². The summed E-state index contributed by atoms with van der Waals surface area (Å²) in [7, 11) is 0. The summed E-state index contributed by atoms with van der Waals surface area (Å²) in [4.78, 5) is 32.7. The van der Waals surface area contributed by atoms with Gasteiger partial charge in [-0.15, -0.1) is 0 Å². The molecule has 2 bridgehead atoms. The van der Waals surface area contributed by atoms with Crippen molar-refractivity contribution in [2.75, 3.05) is 19.6 Å². The van der Waals surface area contributed by atoms with Gasteiger partial charge in [0.25, 0.3) is 0 Å². The van der Waals surface area contributed by atoms with Crippen molar-refractivity contribution in [3.05, 3.63) is 36.0 Å². The lowest BCUT2D eigenvalue weighted by atomic mass is 9.76. The standard InChI is InChI=1S/C23H29N3O2/c27-22(9-3-5-17-12-24-20-7-2-1-6-19(17)20)25-13-16-11-18(15-25)21-8-4-10-23(28)26(21)14-16/h1-2,6-7,12,16,18,21,24H,3-5,8-11,13-15H2. The predicted molar refractivity (Wildman–Crippen MR) is 109 cm³/mol. The molecule has 3 fully saturated rings. The van der Waals surface area contributed by atoms with Crippen molar-refractivity contribution in [1.29, 1.82) is 0 Å². The number of hydrogen-bond donors (Lipinski definition) is 1. The number of aryl methyl sites for hydroxylation is 1. The van der Waals surface area contributed by atoms with Crippen LogP contribution in [0.2, 0.25) is 0 Å². The van der Waals surface area contributed by atoms with E-state index in [1.807, 2.05) is 6.07 Å². The molecule has 0 aliphatic carbocycles. The Bertz CT molecular complexity index is 889. The second-order valence-corrected chi connectivity index (χ2v) is 8.88. The fourth-order valence-electron chi connectivity index (χ4n) is 5.74. The first-order valence-electron chi connectivity index (χ1n) is 10.8. The van der Waals surface area contributed by atoms with Crippen molar-refractivity contribution in [1.82, 2.24) is 14.8 Å². The van der Waals surface area contributed by atoms with Gasteiger partial charge in [-0.1, -0.05) is 18.2 Å². The van der Waals surface area contributed by atoms with Gasteiger partial charge in [-0.05, 0) is 55.6 Å². The van der Waals surface area contributed by atoms with Crippen LogP contribution in [0, 0.1) is 11.8 Å². The number of nitrogens with zero attached hydrogens (tertiary/aromatic N) is 2. The first-order chi connectivity index (χ1) is 13.7. The quantitative estimate of drug-likeness (QED) is 0.886. The fourth-order valence-corrected chi connectivity index (χ4v) is 5.74. The van der Waals surface area contributed by atoms with Crippen molar-refractivity contribution in [2.24, 2.45) is 11.8 Å². The van der Waals surface area contributed by atoms with Crippen LogP contribution in [0.1, 0.15) is 44.1 Å². The second kappa shape index (κ2) is 7.26. The molecule has 0 spiro atoms. The van der Waals surface area contributed by atoms with Gasteiger partial charge >= 0.3 is 0 Å². The van der Waals surface area contributed by atoms with Gasteiger partial charge in [0.15, 0.2) is 0 Å². The molecule has 3 aliphatic heterocycles. The molecule has 1 N–H and O–H groups in total. The van der Waals surface area contributed by atoms with Crippen molar-refractivity contribution in [3.8, 4) is 0 Å². The second-order valence-electron chi connectivity index (χ2n) is 8.88. The van der Waals surface area contributed by atoms with Gasteiger partial charge in [0.05, 0.1) is 0 Å². The van der Waals surface area contributed by atoms with Gasteiger partial charge in [0, 0.05) is 55.6 Å². The van der Waals surface area contributed by atoms with Gasteiger partial charge in [0.1, 0.15) is 0 Å². The number of likely N-dealkylation sites (tertiary alicyclic amines) is 1. The third-order valence-electron chi connectivity index (χ3n) is 7.04. The van der Waals surface area contributed by atoms with E-state index in [0.29, 0.717) is 42.5 Å². The van der Waals surface area contributed by atoms with Crippen molar-refractivity contribution >= 4 is 22.7 Å². The van der Waals surface area contributed by atoms with Crippen molar-refractivity contribution in [2.45, 2.75) is 51.0 Å². The number of carbonyl (C=O) groups excluding carboxylic acids is 2. The molecular formula is C23H29N3O2. The minimum Gasteiger partial charge on any atom is -0.361 e. The lowest BCUT2D eigenvalue weighted by Gasteiger charge is -2.52. The van der Waals surface area contributed by atoms with E-state index in [1.54, 1.807) is 0 Å². The molecule has 3 atom stereocenters. The van der Waals surface area contributed by atoms with E-state index in [4.69, 9.17) is 0 Å². The third-order valence-corrected chi connectivity index (χ3v) is 7.04. The van der Waals surface area contributed by atoms with Gasteiger partial charge in [0.2, 0.25) is 11.8 Å². The van der Waals surface area contributed by atoms with E-state index in [2.05, 4.69) is 39.2 Å². The Morgan fingerprint density at radius 1 is 1.18 bits per heavy atom. The van der Waals surface area contributed by atoms with Crippen LogP contribution < -0.4 is 0 Å². The van der Waals surface area contributed by atoms with Crippen LogP contribution in [0.5, 0.6) is 0 Å². The van der Waals surface area contributed by atoms with Crippen LogP contribution >= 0.6 is 0 Å². The molecule has 3 aliphatic rings. The lowest BCUT2D eigenvalue weighted by molar-refractivity contribution is -0.148. The third kappa shape index (κ3) is 3.21. The zero-order valence-electron chi connectivity index (χ0n) is 16.4. The topological polar surface area (TPSA) is 56.4 Å². The summed E-state index contributed by atoms with van der Waals surface area (Å²) >= 11 is 0. The number of para-hydroxylation sites is 1. The number of rotatable bonds is 4. The van der Waals surface area contributed by atoms with Gasteiger partial charge in [-0.3, -0.25) is 9.59 Å². The number of benzene rings is 1. The van der Waals surface area contributed by atoms with E-state index >= 15 is 0 Å². The number of aromatic nitrogens is 1. The Morgan fingerprint density at radius 2 is 2.07 bits per heavy atom. The summed E-state index contributed by atoms with van der Waals surface area (Å²) in [5.74, 6) is 1.58. The van der Waals surface area contributed by atoms with Crippen LogP contribution in [0.3, 0.4) is 0 Å². The summed E-state index contributed by atoms with van der Waals surface area (Å²) in [5.41, 5.74) is 2.47. The molecule has 0 radical (unpaired) electrons.